The minimum Gasteiger partial charge on any atom is -0.290 e. The standard InChI is InChI=1S/C10H14Br2O2/c11-7-5-3-1-2-4-6-8(12)10(14)9(7)13/h7-8H,1-6H2. The van der Waals surface area contributed by atoms with Crippen LogP contribution >= 0.6 is 31.9 Å². The maximum Gasteiger partial charge on any atom is 0.213 e. The van der Waals surface area contributed by atoms with Gasteiger partial charge in [-0.2, -0.15) is 0 Å². The summed E-state index contributed by atoms with van der Waals surface area (Å²) in [6.07, 6.45) is 5.94. The first-order valence-electron chi connectivity index (χ1n) is 4.99. The lowest BCUT2D eigenvalue weighted by atomic mass is 9.99. The van der Waals surface area contributed by atoms with Crippen LogP contribution in [-0.4, -0.2) is 21.2 Å². The van der Waals surface area contributed by atoms with Crippen LogP contribution in [0.1, 0.15) is 38.5 Å². The van der Waals surface area contributed by atoms with E-state index in [0.29, 0.717) is 0 Å². The van der Waals surface area contributed by atoms with E-state index in [1.54, 1.807) is 0 Å². The van der Waals surface area contributed by atoms with Gasteiger partial charge in [-0.05, 0) is 12.8 Å². The molecular formula is C10H14Br2O2. The number of carbonyl (C=O) groups excluding carboxylic acids is 2. The largest absolute Gasteiger partial charge is 0.290 e. The zero-order chi connectivity index (χ0) is 10.6. The van der Waals surface area contributed by atoms with Crippen molar-refractivity contribution in [1.82, 2.24) is 0 Å². The number of hydrogen-bond donors (Lipinski definition) is 0. The van der Waals surface area contributed by atoms with Gasteiger partial charge in [0.2, 0.25) is 11.6 Å². The molecule has 1 fully saturated rings. The monoisotopic (exact) mass is 324 g/mol. The molecule has 14 heavy (non-hydrogen) atoms. The highest BCUT2D eigenvalue weighted by Crippen LogP contribution is 2.21. The van der Waals surface area contributed by atoms with Crippen molar-refractivity contribution in [1.29, 1.82) is 0 Å². The lowest BCUT2D eigenvalue weighted by Crippen LogP contribution is -2.31. The number of Topliss-reactive ketones (excluding diaryl/α,β-unsaturated/α-hetero) is 2. The van der Waals surface area contributed by atoms with Crippen molar-refractivity contribution in [3.63, 3.8) is 0 Å². The van der Waals surface area contributed by atoms with Gasteiger partial charge in [0.1, 0.15) is 0 Å². The number of carbonyl (C=O) groups is 2. The fourth-order valence-electron chi connectivity index (χ4n) is 1.57. The number of rotatable bonds is 0. The second kappa shape index (κ2) is 6.01. The summed E-state index contributed by atoms with van der Waals surface area (Å²) in [6.45, 7) is 0. The summed E-state index contributed by atoms with van der Waals surface area (Å²) in [6, 6.07) is 0. The summed E-state index contributed by atoms with van der Waals surface area (Å²) in [5.74, 6) is -0.539. The van der Waals surface area contributed by atoms with Crippen LogP contribution in [0.2, 0.25) is 0 Å². The van der Waals surface area contributed by atoms with Gasteiger partial charge < -0.3 is 0 Å². The predicted molar refractivity (Wildman–Crippen MR) is 63.1 cm³/mol. The van der Waals surface area contributed by atoms with Gasteiger partial charge in [0.05, 0.1) is 9.65 Å². The molecule has 80 valence electrons. The fraction of sp³-hybridized carbons (Fsp3) is 0.800. The minimum absolute atomic E-state index is 0.270. The molecule has 1 aliphatic rings. The average Bonchev–Trinajstić information content (AvgIpc) is 2.19. The molecule has 2 atom stereocenters. The molecule has 2 nitrogen and oxygen atoms in total. The Kier molecular flexibility index (Phi) is 5.31. The topological polar surface area (TPSA) is 34.1 Å². The molecule has 4 heteroatoms. The van der Waals surface area contributed by atoms with Gasteiger partial charge in [-0.3, -0.25) is 9.59 Å². The lowest BCUT2D eigenvalue weighted by Gasteiger charge is -2.14. The van der Waals surface area contributed by atoms with E-state index in [9.17, 15) is 9.59 Å². The van der Waals surface area contributed by atoms with E-state index in [1.807, 2.05) is 0 Å². The van der Waals surface area contributed by atoms with Crippen molar-refractivity contribution in [2.45, 2.75) is 48.2 Å². The summed E-state index contributed by atoms with van der Waals surface area (Å²) in [5.41, 5.74) is 0. The summed E-state index contributed by atoms with van der Waals surface area (Å²) in [4.78, 5) is 22.6. The average molecular weight is 326 g/mol. The first kappa shape index (κ1) is 12.4. The molecule has 1 rings (SSSR count). The molecule has 0 heterocycles. The Morgan fingerprint density at radius 2 is 1.14 bits per heavy atom. The Balaban J connectivity index is 2.62. The fourth-order valence-corrected chi connectivity index (χ4v) is 2.67. The van der Waals surface area contributed by atoms with Crippen LogP contribution in [0, 0.1) is 0 Å². The molecule has 0 aromatic carbocycles. The number of hydrogen-bond acceptors (Lipinski definition) is 2. The van der Waals surface area contributed by atoms with Crippen LogP contribution < -0.4 is 0 Å². The summed E-state index contributed by atoms with van der Waals surface area (Å²) in [5, 5.41) is 0. The lowest BCUT2D eigenvalue weighted by molar-refractivity contribution is -0.136. The molecule has 0 N–H and O–H groups in total. The molecule has 1 aliphatic carbocycles. The highest BCUT2D eigenvalue weighted by molar-refractivity contribution is 9.10. The summed E-state index contributed by atoms with van der Waals surface area (Å²) < 4.78 is 0. The molecule has 0 aromatic rings. The zero-order valence-electron chi connectivity index (χ0n) is 7.97. The Hall–Kier alpha value is 0.300. The van der Waals surface area contributed by atoms with Crippen molar-refractivity contribution < 1.29 is 9.59 Å². The molecule has 2 unspecified atom stereocenters. The van der Waals surface area contributed by atoms with E-state index in [2.05, 4.69) is 31.9 Å². The van der Waals surface area contributed by atoms with E-state index in [0.717, 1.165) is 38.5 Å². The van der Waals surface area contributed by atoms with Crippen molar-refractivity contribution in [3.05, 3.63) is 0 Å². The highest BCUT2D eigenvalue weighted by atomic mass is 79.9. The first-order valence-corrected chi connectivity index (χ1v) is 6.82. The zero-order valence-corrected chi connectivity index (χ0v) is 11.1. The number of alkyl halides is 2. The van der Waals surface area contributed by atoms with Crippen molar-refractivity contribution in [3.8, 4) is 0 Å². The maximum absolute atomic E-state index is 11.5. The molecular weight excluding hydrogens is 312 g/mol. The van der Waals surface area contributed by atoms with Crippen LogP contribution in [0.25, 0.3) is 0 Å². The van der Waals surface area contributed by atoms with Gasteiger partial charge in [0.15, 0.2) is 0 Å². The number of ketones is 2. The highest BCUT2D eigenvalue weighted by Gasteiger charge is 2.28. The number of halogens is 2. The summed E-state index contributed by atoms with van der Waals surface area (Å²) in [7, 11) is 0. The van der Waals surface area contributed by atoms with E-state index < -0.39 is 0 Å². The maximum atomic E-state index is 11.5. The molecule has 0 radical (unpaired) electrons. The van der Waals surface area contributed by atoms with Crippen LogP contribution in [0.3, 0.4) is 0 Å². The van der Waals surface area contributed by atoms with E-state index in [4.69, 9.17) is 0 Å². The summed E-state index contributed by atoms with van der Waals surface area (Å²) >= 11 is 6.55. The molecule has 0 aliphatic heterocycles. The second-order valence-corrected chi connectivity index (χ2v) is 5.87. The smallest absolute Gasteiger partial charge is 0.213 e. The van der Waals surface area contributed by atoms with Crippen LogP contribution in [0.15, 0.2) is 0 Å². The second-order valence-electron chi connectivity index (χ2n) is 3.66. The minimum atomic E-state index is -0.270. The van der Waals surface area contributed by atoms with Crippen LogP contribution in [-0.2, 0) is 9.59 Å². The third-order valence-corrected chi connectivity index (χ3v) is 4.22. The molecule has 0 spiro atoms. The van der Waals surface area contributed by atoms with Crippen molar-refractivity contribution >= 4 is 43.4 Å². The normalized spacial score (nSPS) is 31.6. The van der Waals surface area contributed by atoms with Gasteiger partial charge in [-0.25, -0.2) is 0 Å². The van der Waals surface area contributed by atoms with Crippen LogP contribution in [0.4, 0.5) is 0 Å². The third-order valence-electron chi connectivity index (χ3n) is 2.48. The Bertz CT molecular complexity index is 204. The Labute approximate surface area is 101 Å². The molecule has 0 amide bonds. The SMILES string of the molecule is O=C1C(=O)C(Br)CCCCCCC1Br. The molecule has 0 aromatic heterocycles. The van der Waals surface area contributed by atoms with Gasteiger partial charge >= 0.3 is 0 Å². The molecule has 1 saturated carbocycles. The van der Waals surface area contributed by atoms with Crippen LogP contribution in [0.5, 0.6) is 0 Å². The third kappa shape index (κ3) is 3.46. The van der Waals surface area contributed by atoms with Gasteiger partial charge in [-0.15, -0.1) is 0 Å². The quantitative estimate of drug-likeness (QED) is 0.507. The van der Waals surface area contributed by atoms with Crippen molar-refractivity contribution in [2.24, 2.45) is 0 Å². The molecule has 0 bridgehead atoms. The van der Waals surface area contributed by atoms with E-state index >= 15 is 0 Å². The van der Waals surface area contributed by atoms with E-state index in [1.165, 1.54) is 0 Å². The van der Waals surface area contributed by atoms with Gasteiger partial charge in [0.25, 0.3) is 0 Å². The Morgan fingerprint density at radius 3 is 1.50 bits per heavy atom. The molecule has 0 saturated heterocycles. The van der Waals surface area contributed by atoms with Gasteiger partial charge in [-0.1, -0.05) is 57.5 Å². The Morgan fingerprint density at radius 1 is 0.786 bits per heavy atom. The van der Waals surface area contributed by atoms with Gasteiger partial charge in [0, 0.05) is 0 Å². The predicted octanol–water partition coefficient (Wildman–Crippen LogP) is 3.01. The van der Waals surface area contributed by atoms with Crippen molar-refractivity contribution in [2.75, 3.05) is 0 Å². The first-order chi connectivity index (χ1) is 6.63. The van der Waals surface area contributed by atoms with E-state index in [-0.39, 0.29) is 21.2 Å².